The van der Waals surface area contributed by atoms with E-state index in [2.05, 4.69) is 15.5 Å². The van der Waals surface area contributed by atoms with E-state index in [0.29, 0.717) is 11.2 Å². The fraction of sp³-hybridized carbons (Fsp3) is 0.357. The fourth-order valence-electron chi connectivity index (χ4n) is 2.10. The average molecular weight is 324 g/mol. The molecule has 22 heavy (non-hydrogen) atoms. The number of hydrogen-bond donors (Lipinski definition) is 1. The number of aryl methyl sites for hydroxylation is 1. The summed E-state index contributed by atoms with van der Waals surface area (Å²) in [5.41, 5.74) is 0.226. The minimum atomic E-state index is -0.991. The Morgan fingerprint density at radius 1 is 1.36 bits per heavy atom. The number of rotatable bonds is 5. The summed E-state index contributed by atoms with van der Waals surface area (Å²) in [6.45, 7) is 1.89. The number of carbonyl (C=O) groups is 1. The SMILES string of the molecule is Cc1nnc(SCC(=O)Nc2ccc(F)c(F)c2)n1C1CC1. The highest BCUT2D eigenvalue weighted by atomic mass is 32.2. The Morgan fingerprint density at radius 2 is 2.14 bits per heavy atom. The van der Waals surface area contributed by atoms with E-state index in [1.54, 1.807) is 0 Å². The molecule has 0 aliphatic heterocycles. The van der Waals surface area contributed by atoms with Crippen LogP contribution in [0.3, 0.4) is 0 Å². The first-order valence-electron chi connectivity index (χ1n) is 6.84. The van der Waals surface area contributed by atoms with E-state index in [1.165, 1.54) is 17.8 Å². The molecule has 0 spiro atoms. The van der Waals surface area contributed by atoms with Crippen LogP contribution < -0.4 is 5.32 Å². The van der Waals surface area contributed by atoms with Crippen molar-refractivity contribution in [2.45, 2.75) is 31.0 Å². The number of benzene rings is 1. The Hall–Kier alpha value is -1.96. The van der Waals surface area contributed by atoms with Gasteiger partial charge in [-0.1, -0.05) is 11.8 Å². The van der Waals surface area contributed by atoms with Crippen LogP contribution in [0.5, 0.6) is 0 Å². The zero-order valence-corrected chi connectivity index (χ0v) is 12.7. The number of anilines is 1. The van der Waals surface area contributed by atoms with Crippen molar-refractivity contribution in [1.29, 1.82) is 0 Å². The number of thioether (sulfide) groups is 1. The number of hydrogen-bond acceptors (Lipinski definition) is 4. The molecule has 1 N–H and O–H groups in total. The molecular weight excluding hydrogens is 310 g/mol. The first-order valence-corrected chi connectivity index (χ1v) is 7.82. The van der Waals surface area contributed by atoms with E-state index < -0.39 is 11.6 Å². The minimum Gasteiger partial charge on any atom is -0.325 e. The van der Waals surface area contributed by atoms with E-state index in [9.17, 15) is 13.6 Å². The van der Waals surface area contributed by atoms with Crippen LogP contribution in [0.1, 0.15) is 24.7 Å². The maximum atomic E-state index is 13.1. The first kappa shape index (κ1) is 15.0. The van der Waals surface area contributed by atoms with Gasteiger partial charge in [-0.2, -0.15) is 0 Å². The monoisotopic (exact) mass is 324 g/mol. The summed E-state index contributed by atoms with van der Waals surface area (Å²) in [5, 5.41) is 11.3. The number of amides is 1. The third-order valence-electron chi connectivity index (χ3n) is 3.28. The molecule has 1 aliphatic rings. The topological polar surface area (TPSA) is 59.8 Å². The molecule has 0 saturated heterocycles. The lowest BCUT2D eigenvalue weighted by atomic mass is 10.3. The summed E-state index contributed by atoms with van der Waals surface area (Å²) in [7, 11) is 0. The normalized spacial score (nSPS) is 14.1. The Labute approximate surface area is 130 Å². The van der Waals surface area contributed by atoms with E-state index >= 15 is 0 Å². The van der Waals surface area contributed by atoms with E-state index in [4.69, 9.17) is 0 Å². The van der Waals surface area contributed by atoms with E-state index in [0.717, 1.165) is 30.8 Å². The second-order valence-corrected chi connectivity index (χ2v) is 6.04. The van der Waals surface area contributed by atoms with Crippen molar-refractivity contribution in [3.8, 4) is 0 Å². The largest absolute Gasteiger partial charge is 0.325 e. The summed E-state index contributed by atoms with van der Waals surface area (Å²) in [6.07, 6.45) is 2.21. The highest BCUT2D eigenvalue weighted by Crippen LogP contribution is 2.38. The molecule has 5 nitrogen and oxygen atoms in total. The molecule has 1 saturated carbocycles. The molecule has 1 aromatic carbocycles. The summed E-state index contributed by atoms with van der Waals surface area (Å²) in [4.78, 5) is 11.9. The van der Waals surface area contributed by atoms with Crippen LogP contribution in [0.4, 0.5) is 14.5 Å². The van der Waals surface area contributed by atoms with E-state index in [1.807, 2.05) is 11.5 Å². The lowest BCUT2D eigenvalue weighted by Gasteiger charge is -2.07. The van der Waals surface area contributed by atoms with Crippen LogP contribution in [0, 0.1) is 18.6 Å². The van der Waals surface area contributed by atoms with Gasteiger partial charge in [-0.05, 0) is 31.9 Å². The number of nitrogens with zero attached hydrogens (tertiary/aromatic N) is 3. The smallest absolute Gasteiger partial charge is 0.234 e. The lowest BCUT2D eigenvalue weighted by Crippen LogP contribution is -2.15. The van der Waals surface area contributed by atoms with Crippen LogP contribution >= 0.6 is 11.8 Å². The molecule has 0 atom stereocenters. The lowest BCUT2D eigenvalue weighted by molar-refractivity contribution is -0.113. The van der Waals surface area contributed by atoms with Gasteiger partial charge in [0.15, 0.2) is 16.8 Å². The van der Waals surface area contributed by atoms with Crippen LogP contribution in [0.2, 0.25) is 0 Å². The van der Waals surface area contributed by atoms with Crippen LogP contribution in [-0.2, 0) is 4.79 Å². The summed E-state index contributed by atoms with van der Waals surface area (Å²) in [5.74, 6) is -1.27. The van der Waals surface area contributed by atoms with E-state index in [-0.39, 0.29) is 17.3 Å². The zero-order valence-electron chi connectivity index (χ0n) is 11.8. The van der Waals surface area contributed by atoms with Gasteiger partial charge in [-0.25, -0.2) is 8.78 Å². The zero-order chi connectivity index (χ0) is 15.7. The summed E-state index contributed by atoms with van der Waals surface area (Å²) < 4.78 is 27.9. The van der Waals surface area contributed by atoms with Gasteiger partial charge in [-0.15, -0.1) is 10.2 Å². The molecule has 2 aromatic rings. The molecule has 3 rings (SSSR count). The number of halogens is 2. The molecule has 0 radical (unpaired) electrons. The minimum absolute atomic E-state index is 0.129. The van der Waals surface area contributed by atoms with Crippen molar-refractivity contribution in [3.05, 3.63) is 35.7 Å². The van der Waals surface area contributed by atoms with Gasteiger partial charge < -0.3 is 9.88 Å². The quantitative estimate of drug-likeness (QED) is 0.859. The van der Waals surface area contributed by atoms with Crippen molar-refractivity contribution in [2.24, 2.45) is 0 Å². The van der Waals surface area contributed by atoms with Gasteiger partial charge in [0.25, 0.3) is 0 Å². The molecule has 116 valence electrons. The molecule has 1 amide bonds. The Balaban J connectivity index is 1.59. The Morgan fingerprint density at radius 3 is 2.82 bits per heavy atom. The number of aromatic nitrogens is 3. The molecule has 1 heterocycles. The number of nitrogens with one attached hydrogen (secondary N) is 1. The van der Waals surface area contributed by atoms with Gasteiger partial charge in [0.1, 0.15) is 5.82 Å². The van der Waals surface area contributed by atoms with Crippen molar-refractivity contribution >= 4 is 23.4 Å². The fourth-order valence-corrected chi connectivity index (χ4v) is 2.95. The molecule has 8 heteroatoms. The maximum Gasteiger partial charge on any atom is 0.234 e. The Kier molecular flexibility index (Phi) is 4.10. The third-order valence-corrected chi connectivity index (χ3v) is 4.23. The van der Waals surface area contributed by atoms with Crippen molar-refractivity contribution in [3.63, 3.8) is 0 Å². The summed E-state index contributed by atoms with van der Waals surface area (Å²) in [6, 6.07) is 3.68. The van der Waals surface area contributed by atoms with Gasteiger partial charge in [0.2, 0.25) is 5.91 Å². The standard InChI is InChI=1S/C14H14F2N4OS/c1-8-18-19-14(20(8)10-3-4-10)22-7-13(21)17-9-2-5-11(15)12(16)6-9/h2,5-6,10H,3-4,7H2,1H3,(H,17,21). The third kappa shape index (κ3) is 3.27. The van der Waals surface area contributed by atoms with Gasteiger partial charge in [0, 0.05) is 17.8 Å². The molecule has 1 aliphatic carbocycles. The van der Waals surface area contributed by atoms with Crippen molar-refractivity contribution in [2.75, 3.05) is 11.1 Å². The molecular formula is C14H14F2N4OS. The Bertz CT molecular complexity index is 715. The first-order chi connectivity index (χ1) is 10.5. The molecule has 1 aromatic heterocycles. The van der Waals surface area contributed by atoms with Gasteiger partial charge in [0.05, 0.1) is 5.75 Å². The highest BCUT2D eigenvalue weighted by molar-refractivity contribution is 7.99. The predicted molar refractivity (Wildman–Crippen MR) is 78.7 cm³/mol. The molecule has 0 unspecified atom stereocenters. The van der Waals surface area contributed by atoms with Crippen LogP contribution in [-0.4, -0.2) is 26.4 Å². The van der Waals surface area contributed by atoms with Gasteiger partial charge in [-0.3, -0.25) is 4.79 Å². The highest BCUT2D eigenvalue weighted by Gasteiger charge is 2.28. The second kappa shape index (κ2) is 6.04. The second-order valence-electron chi connectivity index (χ2n) is 5.10. The molecule has 1 fully saturated rings. The van der Waals surface area contributed by atoms with Gasteiger partial charge >= 0.3 is 0 Å². The number of carbonyl (C=O) groups excluding carboxylic acids is 1. The average Bonchev–Trinajstić information content (AvgIpc) is 3.24. The van der Waals surface area contributed by atoms with Crippen molar-refractivity contribution in [1.82, 2.24) is 14.8 Å². The summed E-state index contributed by atoms with van der Waals surface area (Å²) >= 11 is 1.28. The predicted octanol–water partition coefficient (Wildman–Crippen LogP) is 2.93. The molecule has 0 bridgehead atoms. The van der Waals surface area contributed by atoms with Crippen LogP contribution in [0.15, 0.2) is 23.4 Å². The van der Waals surface area contributed by atoms with Crippen molar-refractivity contribution < 1.29 is 13.6 Å². The maximum absolute atomic E-state index is 13.1. The van der Waals surface area contributed by atoms with Crippen LogP contribution in [0.25, 0.3) is 0 Å².